The first-order valence-electron chi connectivity index (χ1n) is 8.62. The van der Waals surface area contributed by atoms with Crippen LogP contribution in [0.15, 0.2) is 48.5 Å². The fourth-order valence-electron chi connectivity index (χ4n) is 2.96. The van der Waals surface area contributed by atoms with E-state index in [1.54, 1.807) is 12.1 Å². The number of esters is 1. The minimum Gasteiger partial charge on any atom is -0.426 e. The van der Waals surface area contributed by atoms with Gasteiger partial charge < -0.3 is 9.64 Å². The van der Waals surface area contributed by atoms with Crippen molar-refractivity contribution in [3.8, 4) is 5.75 Å². The van der Waals surface area contributed by atoms with E-state index in [9.17, 15) is 14.0 Å². The summed E-state index contributed by atoms with van der Waals surface area (Å²) < 4.78 is 18.5. The number of ether oxygens (including phenoxy) is 1. The number of rotatable bonds is 3. The third kappa shape index (κ3) is 3.93. The van der Waals surface area contributed by atoms with E-state index in [1.807, 2.05) is 12.1 Å². The summed E-state index contributed by atoms with van der Waals surface area (Å²) in [7, 11) is 0. The minimum atomic E-state index is -0.533. The smallest absolute Gasteiger partial charge is 0.316 e. The Labute approximate surface area is 152 Å². The molecule has 5 heteroatoms. The van der Waals surface area contributed by atoms with Gasteiger partial charge in [0.1, 0.15) is 11.6 Å². The average Bonchev–Trinajstić information content (AvgIpc) is 2.97. The van der Waals surface area contributed by atoms with Crippen LogP contribution in [0.3, 0.4) is 0 Å². The number of amides is 1. The summed E-state index contributed by atoms with van der Waals surface area (Å²) in [6.07, 6.45) is 0.0935. The van der Waals surface area contributed by atoms with Crippen LogP contribution in [-0.4, -0.2) is 18.4 Å². The lowest BCUT2D eigenvalue weighted by molar-refractivity contribution is -0.139. The molecule has 0 unspecified atom stereocenters. The monoisotopic (exact) mass is 355 g/mol. The fourth-order valence-corrected chi connectivity index (χ4v) is 2.96. The lowest BCUT2D eigenvalue weighted by Gasteiger charge is -2.19. The molecule has 1 amide bonds. The van der Waals surface area contributed by atoms with Gasteiger partial charge in [-0.25, -0.2) is 4.39 Å². The van der Waals surface area contributed by atoms with E-state index in [2.05, 4.69) is 20.8 Å². The Kier molecular flexibility index (Phi) is 4.81. The zero-order valence-electron chi connectivity index (χ0n) is 15.2. The van der Waals surface area contributed by atoms with Gasteiger partial charge in [-0.3, -0.25) is 9.59 Å². The van der Waals surface area contributed by atoms with Gasteiger partial charge in [-0.15, -0.1) is 0 Å². The van der Waals surface area contributed by atoms with Crippen molar-refractivity contribution in [3.63, 3.8) is 0 Å². The SMILES string of the molecule is CC(C)(C)c1ccc(OC(=O)[C@@H]2CC(=O)N(c3ccc(F)cc3)C2)cc1. The highest BCUT2D eigenvalue weighted by molar-refractivity contribution is 5.99. The Morgan fingerprint density at radius 2 is 1.69 bits per heavy atom. The lowest BCUT2D eigenvalue weighted by atomic mass is 9.87. The van der Waals surface area contributed by atoms with Crippen LogP contribution in [0.2, 0.25) is 0 Å². The van der Waals surface area contributed by atoms with Crippen LogP contribution in [0.25, 0.3) is 0 Å². The predicted molar refractivity (Wildman–Crippen MR) is 97.6 cm³/mol. The summed E-state index contributed by atoms with van der Waals surface area (Å²) in [5.41, 5.74) is 1.76. The standard InChI is InChI=1S/C21H22FNO3/c1-21(2,3)15-4-10-18(11-5-15)26-20(25)14-12-19(24)23(13-14)17-8-6-16(22)7-9-17/h4-11,14H,12-13H2,1-3H3/t14-/m1/s1. The first kappa shape index (κ1) is 18.1. The third-order valence-electron chi connectivity index (χ3n) is 4.54. The predicted octanol–water partition coefficient (Wildman–Crippen LogP) is 4.08. The number of carbonyl (C=O) groups is 2. The van der Waals surface area contributed by atoms with Gasteiger partial charge in [0.05, 0.1) is 5.92 Å². The molecule has 2 aromatic rings. The summed E-state index contributed by atoms with van der Waals surface area (Å²) in [6, 6.07) is 13.1. The Bertz CT molecular complexity index is 807. The van der Waals surface area contributed by atoms with Crippen molar-refractivity contribution in [2.24, 2.45) is 5.92 Å². The summed E-state index contributed by atoms with van der Waals surface area (Å²) in [4.78, 5) is 26.1. The molecular weight excluding hydrogens is 333 g/mol. The first-order valence-corrected chi connectivity index (χ1v) is 8.62. The Morgan fingerprint density at radius 3 is 2.27 bits per heavy atom. The Morgan fingerprint density at radius 1 is 1.08 bits per heavy atom. The molecule has 136 valence electrons. The van der Waals surface area contributed by atoms with E-state index >= 15 is 0 Å². The van der Waals surface area contributed by atoms with Gasteiger partial charge in [0.15, 0.2) is 0 Å². The van der Waals surface area contributed by atoms with Gasteiger partial charge in [0.25, 0.3) is 0 Å². The molecule has 3 rings (SSSR count). The zero-order chi connectivity index (χ0) is 18.9. The Hall–Kier alpha value is -2.69. The number of nitrogens with zero attached hydrogens (tertiary/aromatic N) is 1. The summed E-state index contributed by atoms with van der Waals surface area (Å²) in [5.74, 6) is -1.02. The molecule has 1 aliphatic rings. The highest BCUT2D eigenvalue weighted by Gasteiger charge is 2.36. The van der Waals surface area contributed by atoms with Gasteiger partial charge in [-0.05, 0) is 47.4 Å². The summed E-state index contributed by atoms with van der Waals surface area (Å²) in [5, 5.41) is 0. The van der Waals surface area contributed by atoms with Gasteiger partial charge in [-0.2, -0.15) is 0 Å². The second kappa shape index (κ2) is 6.90. The van der Waals surface area contributed by atoms with Crippen molar-refractivity contribution in [1.29, 1.82) is 0 Å². The van der Waals surface area contributed by atoms with Crippen LogP contribution in [0, 0.1) is 11.7 Å². The maximum absolute atomic E-state index is 13.0. The van der Waals surface area contributed by atoms with E-state index in [-0.39, 0.29) is 30.1 Å². The molecule has 0 radical (unpaired) electrons. The van der Waals surface area contributed by atoms with Crippen LogP contribution in [0.5, 0.6) is 5.75 Å². The Balaban J connectivity index is 1.65. The molecular formula is C21H22FNO3. The van der Waals surface area contributed by atoms with Crippen LogP contribution < -0.4 is 9.64 Å². The number of benzene rings is 2. The number of halogens is 1. The highest BCUT2D eigenvalue weighted by Crippen LogP contribution is 2.28. The van der Waals surface area contributed by atoms with Crippen molar-refractivity contribution in [3.05, 3.63) is 59.9 Å². The van der Waals surface area contributed by atoms with Crippen LogP contribution >= 0.6 is 0 Å². The molecule has 0 spiro atoms. The van der Waals surface area contributed by atoms with E-state index < -0.39 is 11.9 Å². The average molecular weight is 355 g/mol. The van der Waals surface area contributed by atoms with E-state index in [0.717, 1.165) is 5.56 Å². The van der Waals surface area contributed by atoms with Gasteiger partial charge in [0.2, 0.25) is 5.91 Å². The number of hydrogen-bond acceptors (Lipinski definition) is 3. The maximum Gasteiger partial charge on any atom is 0.316 e. The number of hydrogen-bond donors (Lipinski definition) is 0. The molecule has 1 heterocycles. The topological polar surface area (TPSA) is 46.6 Å². The van der Waals surface area contributed by atoms with Crippen molar-refractivity contribution in [2.45, 2.75) is 32.6 Å². The molecule has 0 aromatic heterocycles. The van der Waals surface area contributed by atoms with E-state index in [4.69, 9.17) is 4.74 Å². The van der Waals surface area contributed by atoms with E-state index in [0.29, 0.717) is 11.4 Å². The largest absolute Gasteiger partial charge is 0.426 e. The summed E-state index contributed by atoms with van der Waals surface area (Å²) in [6.45, 7) is 6.58. The quantitative estimate of drug-likeness (QED) is 0.616. The molecule has 2 aromatic carbocycles. The van der Waals surface area contributed by atoms with Gasteiger partial charge in [0, 0.05) is 18.7 Å². The van der Waals surface area contributed by atoms with Gasteiger partial charge in [-0.1, -0.05) is 32.9 Å². The molecule has 4 nitrogen and oxygen atoms in total. The molecule has 1 atom stereocenters. The van der Waals surface area contributed by atoms with Crippen LogP contribution in [-0.2, 0) is 15.0 Å². The molecule has 1 saturated heterocycles. The summed E-state index contributed by atoms with van der Waals surface area (Å²) >= 11 is 0. The highest BCUT2D eigenvalue weighted by atomic mass is 19.1. The molecule has 0 aliphatic carbocycles. The van der Waals surface area contributed by atoms with Gasteiger partial charge >= 0.3 is 5.97 Å². The molecule has 0 N–H and O–H groups in total. The maximum atomic E-state index is 13.0. The molecule has 1 aliphatic heterocycles. The molecule has 0 saturated carbocycles. The van der Waals surface area contributed by atoms with Crippen molar-refractivity contribution < 1.29 is 18.7 Å². The van der Waals surface area contributed by atoms with E-state index in [1.165, 1.54) is 29.2 Å². The first-order chi connectivity index (χ1) is 12.2. The molecule has 26 heavy (non-hydrogen) atoms. The number of carbonyl (C=O) groups excluding carboxylic acids is 2. The second-order valence-electron chi connectivity index (χ2n) is 7.58. The van der Waals surface area contributed by atoms with Crippen LogP contribution in [0.1, 0.15) is 32.8 Å². The molecule has 1 fully saturated rings. The minimum absolute atomic E-state index is 0.0239. The fraction of sp³-hybridized carbons (Fsp3) is 0.333. The third-order valence-corrected chi connectivity index (χ3v) is 4.54. The normalized spacial score (nSPS) is 17.5. The lowest BCUT2D eigenvalue weighted by Crippen LogP contribution is -2.27. The number of anilines is 1. The molecule has 0 bridgehead atoms. The van der Waals surface area contributed by atoms with Crippen molar-refractivity contribution in [1.82, 2.24) is 0 Å². The van der Waals surface area contributed by atoms with Crippen LogP contribution in [0.4, 0.5) is 10.1 Å². The second-order valence-corrected chi connectivity index (χ2v) is 7.58. The zero-order valence-corrected chi connectivity index (χ0v) is 15.2. The van der Waals surface area contributed by atoms with Crippen molar-refractivity contribution in [2.75, 3.05) is 11.4 Å². The van der Waals surface area contributed by atoms with Crippen molar-refractivity contribution >= 4 is 17.6 Å².